The molecule has 0 bridgehead atoms. The molecule has 2 rings (SSSR count). The molecule has 1 saturated carbocycles. The summed E-state index contributed by atoms with van der Waals surface area (Å²) < 4.78 is 44.2. The van der Waals surface area contributed by atoms with Crippen molar-refractivity contribution < 1.29 is 17.9 Å². The quantitative estimate of drug-likeness (QED) is 0.764. The second-order valence-corrected chi connectivity index (χ2v) is 6.20. The third-order valence-corrected chi connectivity index (χ3v) is 4.67. The van der Waals surface area contributed by atoms with E-state index in [4.69, 9.17) is 4.74 Å². The maximum atomic E-state index is 13.0. The molecule has 0 spiro atoms. The highest BCUT2D eigenvalue weighted by Gasteiger charge is 2.44. The Bertz CT molecular complexity index is 293. The zero-order valence-electron chi connectivity index (χ0n) is 12.6. The van der Waals surface area contributed by atoms with Crippen LogP contribution in [0.2, 0.25) is 0 Å². The highest BCUT2D eigenvalue weighted by molar-refractivity contribution is 4.82. The predicted octanol–water partition coefficient (Wildman–Crippen LogP) is 2.67. The maximum Gasteiger partial charge on any atom is 0.392 e. The number of nitrogens with one attached hydrogen (secondary N) is 1. The van der Waals surface area contributed by atoms with E-state index >= 15 is 0 Å². The molecule has 0 aromatic carbocycles. The third-order valence-electron chi connectivity index (χ3n) is 4.67. The molecule has 6 heteroatoms. The maximum absolute atomic E-state index is 13.0. The van der Waals surface area contributed by atoms with Crippen molar-refractivity contribution in [2.45, 2.75) is 38.3 Å². The number of ether oxygens (including phenoxy) is 1. The molecule has 2 aliphatic rings. The van der Waals surface area contributed by atoms with Gasteiger partial charge in [0.25, 0.3) is 0 Å². The highest BCUT2D eigenvalue weighted by Crippen LogP contribution is 2.41. The van der Waals surface area contributed by atoms with Gasteiger partial charge in [0.1, 0.15) is 0 Å². The Morgan fingerprint density at radius 1 is 1.10 bits per heavy atom. The van der Waals surface area contributed by atoms with Gasteiger partial charge in [-0.2, -0.15) is 13.2 Å². The highest BCUT2D eigenvalue weighted by atomic mass is 19.4. The number of morpholine rings is 1. The van der Waals surface area contributed by atoms with Crippen LogP contribution in [-0.2, 0) is 4.74 Å². The number of hydrogen-bond donors (Lipinski definition) is 1. The normalized spacial score (nSPS) is 28.7. The van der Waals surface area contributed by atoms with E-state index in [1.54, 1.807) is 0 Å². The van der Waals surface area contributed by atoms with Crippen molar-refractivity contribution in [1.29, 1.82) is 0 Å². The summed E-state index contributed by atoms with van der Waals surface area (Å²) in [6, 6.07) is 0. The van der Waals surface area contributed by atoms with Gasteiger partial charge in [-0.25, -0.2) is 0 Å². The largest absolute Gasteiger partial charge is 0.392 e. The predicted molar refractivity (Wildman–Crippen MR) is 76.2 cm³/mol. The summed E-state index contributed by atoms with van der Waals surface area (Å²) in [7, 11) is 0. The lowest BCUT2D eigenvalue weighted by atomic mass is 9.78. The second-order valence-electron chi connectivity index (χ2n) is 6.20. The van der Waals surface area contributed by atoms with Gasteiger partial charge in [-0.05, 0) is 44.8 Å². The SMILES string of the molecule is FC(F)(F)C1CCCCC1CNCCCN1CCOCC1. The van der Waals surface area contributed by atoms with Crippen LogP contribution >= 0.6 is 0 Å². The fourth-order valence-electron chi connectivity index (χ4n) is 3.42. The average Bonchev–Trinajstić information content (AvgIpc) is 2.47. The van der Waals surface area contributed by atoms with Crippen molar-refractivity contribution in [2.75, 3.05) is 45.9 Å². The Labute approximate surface area is 125 Å². The zero-order chi connectivity index (χ0) is 15.1. The lowest BCUT2D eigenvalue weighted by Crippen LogP contribution is -2.40. The van der Waals surface area contributed by atoms with Crippen LogP contribution < -0.4 is 5.32 Å². The Morgan fingerprint density at radius 2 is 1.81 bits per heavy atom. The van der Waals surface area contributed by atoms with E-state index in [-0.39, 0.29) is 5.92 Å². The van der Waals surface area contributed by atoms with Gasteiger partial charge in [0.2, 0.25) is 0 Å². The van der Waals surface area contributed by atoms with Gasteiger partial charge in [-0.1, -0.05) is 12.8 Å². The van der Waals surface area contributed by atoms with Gasteiger partial charge < -0.3 is 10.1 Å². The van der Waals surface area contributed by atoms with Gasteiger partial charge in [-0.15, -0.1) is 0 Å². The van der Waals surface area contributed by atoms with Crippen molar-refractivity contribution in [1.82, 2.24) is 10.2 Å². The van der Waals surface area contributed by atoms with Crippen molar-refractivity contribution in [3.8, 4) is 0 Å². The van der Waals surface area contributed by atoms with E-state index < -0.39 is 12.1 Å². The summed E-state index contributed by atoms with van der Waals surface area (Å²) in [5, 5.41) is 3.24. The first kappa shape index (κ1) is 17.0. The molecule has 0 amide bonds. The Hall–Kier alpha value is -0.330. The van der Waals surface area contributed by atoms with Crippen LogP contribution in [-0.4, -0.2) is 57.0 Å². The Kier molecular flexibility index (Phi) is 6.76. The van der Waals surface area contributed by atoms with Crippen LogP contribution in [0.15, 0.2) is 0 Å². The zero-order valence-corrected chi connectivity index (χ0v) is 12.6. The molecule has 1 saturated heterocycles. The molecule has 124 valence electrons. The first-order valence-corrected chi connectivity index (χ1v) is 8.15. The van der Waals surface area contributed by atoms with E-state index in [9.17, 15) is 13.2 Å². The number of hydrogen-bond acceptors (Lipinski definition) is 3. The van der Waals surface area contributed by atoms with Crippen LogP contribution in [0, 0.1) is 11.8 Å². The summed E-state index contributed by atoms with van der Waals surface area (Å²) in [6.07, 6.45) is -0.362. The summed E-state index contributed by atoms with van der Waals surface area (Å²) in [5.74, 6) is -1.33. The monoisotopic (exact) mass is 308 g/mol. The molecule has 2 atom stereocenters. The molecule has 2 fully saturated rings. The van der Waals surface area contributed by atoms with Gasteiger partial charge in [0.15, 0.2) is 0 Å². The summed E-state index contributed by atoms with van der Waals surface area (Å²) in [4.78, 5) is 2.35. The Balaban J connectivity index is 1.60. The van der Waals surface area contributed by atoms with Gasteiger partial charge in [-0.3, -0.25) is 4.90 Å². The minimum atomic E-state index is -4.03. The van der Waals surface area contributed by atoms with Crippen LogP contribution in [0.3, 0.4) is 0 Å². The van der Waals surface area contributed by atoms with E-state index in [0.29, 0.717) is 19.4 Å². The molecule has 3 nitrogen and oxygen atoms in total. The molecule has 1 aliphatic carbocycles. The molecule has 1 N–H and O–H groups in total. The van der Waals surface area contributed by atoms with E-state index in [0.717, 1.165) is 58.7 Å². The third kappa shape index (κ3) is 5.75. The fraction of sp³-hybridized carbons (Fsp3) is 1.00. The second kappa shape index (κ2) is 8.34. The fourth-order valence-corrected chi connectivity index (χ4v) is 3.42. The Morgan fingerprint density at radius 3 is 2.52 bits per heavy atom. The summed E-state index contributed by atoms with van der Waals surface area (Å²) in [5.41, 5.74) is 0. The minimum absolute atomic E-state index is 0.234. The standard InChI is InChI=1S/C15H27F3N2O/c16-15(17,18)14-5-2-1-4-13(14)12-19-6-3-7-20-8-10-21-11-9-20/h13-14,19H,1-12H2. The minimum Gasteiger partial charge on any atom is -0.379 e. The van der Waals surface area contributed by atoms with Gasteiger partial charge >= 0.3 is 6.18 Å². The number of rotatable bonds is 6. The first-order chi connectivity index (χ1) is 10.1. The van der Waals surface area contributed by atoms with Crippen LogP contribution in [0.25, 0.3) is 0 Å². The molecular weight excluding hydrogens is 281 g/mol. The van der Waals surface area contributed by atoms with E-state index in [1.165, 1.54) is 0 Å². The molecular formula is C15H27F3N2O. The summed E-state index contributed by atoms with van der Waals surface area (Å²) in [6.45, 7) is 5.85. The molecule has 0 aromatic rings. The van der Waals surface area contributed by atoms with Crippen molar-refractivity contribution in [2.24, 2.45) is 11.8 Å². The van der Waals surface area contributed by atoms with Crippen molar-refractivity contribution >= 4 is 0 Å². The van der Waals surface area contributed by atoms with E-state index in [1.807, 2.05) is 0 Å². The van der Waals surface area contributed by atoms with Gasteiger partial charge in [0.05, 0.1) is 19.1 Å². The van der Waals surface area contributed by atoms with Crippen molar-refractivity contribution in [3.05, 3.63) is 0 Å². The lowest BCUT2D eigenvalue weighted by Gasteiger charge is -2.33. The van der Waals surface area contributed by atoms with Crippen LogP contribution in [0.4, 0.5) is 13.2 Å². The number of halogens is 3. The van der Waals surface area contributed by atoms with Crippen LogP contribution in [0.5, 0.6) is 0 Å². The lowest BCUT2D eigenvalue weighted by molar-refractivity contribution is -0.195. The molecule has 2 unspecified atom stereocenters. The molecule has 1 aliphatic heterocycles. The first-order valence-electron chi connectivity index (χ1n) is 8.15. The smallest absolute Gasteiger partial charge is 0.379 e. The average molecular weight is 308 g/mol. The molecule has 1 heterocycles. The van der Waals surface area contributed by atoms with Crippen LogP contribution in [0.1, 0.15) is 32.1 Å². The summed E-state index contributed by atoms with van der Waals surface area (Å²) >= 11 is 0. The topological polar surface area (TPSA) is 24.5 Å². The van der Waals surface area contributed by atoms with Crippen molar-refractivity contribution in [3.63, 3.8) is 0 Å². The number of nitrogens with zero attached hydrogens (tertiary/aromatic N) is 1. The molecule has 21 heavy (non-hydrogen) atoms. The molecule has 0 aromatic heterocycles. The van der Waals surface area contributed by atoms with Gasteiger partial charge in [0, 0.05) is 13.1 Å². The molecule has 0 radical (unpaired) electrons. The van der Waals surface area contributed by atoms with E-state index in [2.05, 4.69) is 10.2 Å². The number of alkyl halides is 3.